The number of aryl methyl sites for hydroxylation is 1. The Bertz CT molecular complexity index is 1550. The van der Waals surface area contributed by atoms with Gasteiger partial charge in [-0.15, -0.1) is 16.4 Å². The molecule has 2 aromatic heterocycles. The first-order chi connectivity index (χ1) is 17.1. The largest absolute Gasteiger partial charge is 0.346 e. The van der Waals surface area contributed by atoms with Crippen molar-refractivity contribution in [3.63, 3.8) is 0 Å². The van der Waals surface area contributed by atoms with Gasteiger partial charge >= 0.3 is 0 Å². The summed E-state index contributed by atoms with van der Waals surface area (Å²) in [7, 11) is 0. The molecule has 35 heavy (non-hydrogen) atoms. The Morgan fingerprint density at radius 2 is 1.60 bits per heavy atom. The fourth-order valence-corrected chi connectivity index (χ4v) is 5.03. The van der Waals surface area contributed by atoms with Crippen LogP contribution in [0.3, 0.4) is 0 Å². The maximum Gasteiger partial charge on any atom is 0.225 e. The molecule has 7 heteroatoms. The molecule has 0 aliphatic heterocycles. The molecule has 6 nitrogen and oxygen atoms in total. The van der Waals surface area contributed by atoms with E-state index in [0.717, 1.165) is 22.5 Å². The first-order valence-electron chi connectivity index (χ1n) is 11.0. The van der Waals surface area contributed by atoms with Gasteiger partial charge in [0, 0.05) is 11.3 Å². The van der Waals surface area contributed by atoms with Crippen molar-refractivity contribution in [2.24, 2.45) is 0 Å². The molecule has 0 spiro atoms. The quantitative estimate of drug-likeness (QED) is 0.285. The van der Waals surface area contributed by atoms with E-state index in [-0.39, 0.29) is 11.5 Å². The van der Waals surface area contributed by atoms with Crippen LogP contribution < -0.4 is 5.32 Å². The molecule has 0 saturated carbocycles. The zero-order valence-electron chi connectivity index (χ0n) is 19.2. The Morgan fingerprint density at radius 3 is 2.26 bits per heavy atom. The van der Waals surface area contributed by atoms with Crippen molar-refractivity contribution in [3.8, 4) is 22.9 Å². The van der Waals surface area contributed by atoms with Crippen LogP contribution in [0.15, 0.2) is 84.9 Å². The SMILES string of the molecule is Cc1ccc(-n2nnc(C(=O)c3sc(Nc4ccccc4)c(C#N)c3-c3ccccc3)c2C)cc1. The van der Waals surface area contributed by atoms with E-state index in [1.54, 1.807) is 4.68 Å². The number of rotatable bonds is 6. The summed E-state index contributed by atoms with van der Waals surface area (Å²) in [6.45, 7) is 3.85. The number of hydrogen-bond acceptors (Lipinski definition) is 6. The van der Waals surface area contributed by atoms with Gasteiger partial charge in [-0.1, -0.05) is 71.4 Å². The average Bonchev–Trinajstić information content (AvgIpc) is 3.45. The van der Waals surface area contributed by atoms with Gasteiger partial charge in [-0.2, -0.15) is 5.26 Å². The number of ketones is 1. The van der Waals surface area contributed by atoms with Crippen LogP contribution in [0.25, 0.3) is 16.8 Å². The first-order valence-corrected chi connectivity index (χ1v) is 11.9. The lowest BCUT2D eigenvalue weighted by atomic mass is 9.99. The van der Waals surface area contributed by atoms with Crippen LogP contribution in [0.1, 0.15) is 32.2 Å². The summed E-state index contributed by atoms with van der Waals surface area (Å²) in [4.78, 5) is 14.3. The highest BCUT2D eigenvalue weighted by Crippen LogP contribution is 2.42. The van der Waals surface area contributed by atoms with Crippen molar-refractivity contribution in [1.82, 2.24) is 15.0 Å². The van der Waals surface area contributed by atoms with Crippen molar-refractivity contribution in [2.75, 3.05) is 5.32 Å². The predicted molar refractivity (Wildman–Crippen MR) is 138 cm³/mol. The summed E-state index contributed by atoms with van der Waals surface area (Å²) in [6.07, 6.45) is 0. The van der Waals surface area contributed by atoms with Crippen molar-refractivity contribution < 1.29 is 4.79 Å². The van der Waals surface area contributed by atoms with Gasteiger partial charge in [-0.3, -0.25) is 4.79 Å². The summed E-state index contributed by atoms with van der Waals surface area (Å²) in [5.74, 6) is -0.262. The minimum absolute atomic E-state index is 0.262. The third-order valence-corrected chi connectivity index (χ3v) is 6.81. The van der Waals surface area contributed by atoms with E-state index in [2.05, 4.69) is 21.7 Å². The molecule has 0 aliphatic carbocycles. The van der Waals surface area contributed by atoms with Gasteiger partial charge in [0.25, 0.3) is 0 Å². The van der Waals surface area contributed by atoms with E-state index in [1.165, 1.54) is 11.3 Å². The number of nitrogens with one attached hydrogen (secondary N) is 1. The Labute approximate surface area is 207 Å². The summed E-state index contributed by atoms with van der Waals surface area (Å²) >= 11 is 1.26. The van der Waals surface area contributed by atoms with Crippen molar-refractivity contribution in [3.05, 3.63) is 112 Å². The molecule has 0 amide bonds. The number of nitriles is 1. The van der Waals surface area contributed by atoms with Crippen LogP contribution >= 0.6 is 11.3 Å². The van der Waals surface area contributed by atoms with E-state index < -0.39 is 0 Å². The normalized spacial score (nSPS) is 10.7. The van der Waals surface area contributed by atoms with Crippen molar-refractivity contribution >= 4 is 27.8 Å². The fourth-order valence-electron chi connectivity index (χ4n) is 3.90. The number of carbonyl (C=O) groups is 1. The second-order valence-corrected chi connectivity index (χ2v) is 9.10. The molecule has 0 fully saturated rings. The molecule has 0 unspecified atom stereocenters. The van der Waals surface area contributed by atoms with Crippen LogP contribution in [0, 0.1) is 25.2 Å². The molecule has 5 rings (SSSR count). The number of nitrogens with zero attached hydrogens (tertiary/aromatic N) is 4. The van der Waals surface area contributed by atoms with Gasteiger partial charge in [0.15, 0.2) is 5.69 Å². The number of carbonyl (C=O) groups excluding carboxylic acids is 1. The van der Waals surface area contributed by atoms with Crippen LogP contribution in [-0.2, 0) is 0 Å². The summed E-state index contributed by atoms with van der Waals surface area (Å²) < 4.78 is 1.66. The second kappa shape index (κ2) is 9.37. The number of benzene rings is 3. The van der Waals surface area contributed by atoms with E-state index >= 15 is 0 Å². The van der Waals surface area contributed by atoms with Gasteiger partial charge in [0.2, 0.25) is 5.78 Å². The minimum atomic E-state index is -0.262. The molecule has 0 radical (unpaired) electrons. The monoisotopic (exact) mass is 475 g/mol. The molecule has 0 aliphatic rings. The van der Waals surface area contributed by atoms with Crippen LogP contribution in [0.2, 0.25) is 0 Å². The van der Waals surface area contributed by atoms with E-state index in [9.17, 15) is 10.1 Å². The van der Waals surface area contributed by atoms with Crippen LogP contribution in [0.5, 0.6) is 0 Å². The second-order valence-electron chi connectivity index (χ2n) is 8.08. The number of thiophene rings is 1. The van der Waals surface area contributed by atoms with E-state index in [0.29, 0.717) is 26.7 Å². The fraction of sp³-hybridized carbons (Fsp3) is 0.0714. The van der Waals surface area contributed by atoms with Gasteiger partial charge < -0.3 is 5.32 Å². The molecular weight excluding hydrogens is 454 g/mol. The van der Waals surface area contributed by atoms with Gasteiger partial charge in [-0.05, 0) is 43.7 Å². The smallest absolute Gasteiger partial charge is 0.225 e. The van der Waals surface area contributed by atoms with E-state index in [4.69, 9.17) is 0 Å². The Kier molecular flexibility index (Phi) is 5.96. The van der Waals surface area contributed by atoms with Gasteiger partial charge in [-0.25, -0.2) is 4.68 Å². The number of aromatic nitrogens is 3. The Morgan fingerprint density at radius 1 is 0.943 bits per heavy atom. The number of para-hydroxylation sites is 1. The summed E-state index contributed by atoms with van der Waals surface area (Å²) in [6, 6.07) is 29.3. The predicted octanol–water partition coefficient (Wildman–Crippen LogP) is 6.46. The number of hydrogen-bond donors (Lipinski definition) is 1. The number of anilines is 2. The molecule has 170 valence electrons. The van der Waals surface area contributed by atoms with Crippen molar-refractivity contribution in [2.45, 2.75) is 13.8 Å². The summed E-state index contributed by atoms with van der Waals surface area (Å²) in [5.41, 5.74) is 5.54. The molecule has 3 aromatic carbocycles. The van der Waals surface area contributed by atoms with Gasteiger partial charge in [0.05, 0.1) is 21.8 Å². The molecule has 0 saturated heterocycles. The molecule has 0 bridgehead atoms. The zero-order chi connectivity index (χ0) is 24.4. The maximum absolute atomic E-state index is 13.9. The van der Waals surface area contributed by atoms with Crippen LogP contribution in [-0.4, -0.2) is 20.8 Å². The molecule has 1 N–H and O–H groups in total. The maximum atomic E-state index is 13.9. The summed E-state index contributed by atoms with van der Waals surface area (Å²) in [5, 5.41) is 22.5. The Balaban J connectivity index is 1.63. The first kappa shape index (κ1) is 22.3. The molecule has 2 heterocycles. The van der Waals surface area contributed by atoms with Crippen molar-refractivity contribution in [1.29, 1.82) is 5.26 Å². The lowest BCUT2D eigenvalue weighted by molar-refractivity contribution is 0.103. The van der Waals surface area contributed by atoms with E-state index in [1.807, 2.05) is 98.8 Å². The third-order valence-electron chi connectivity index (χ3n) is 5.71. The topological polar surface area (TPSA) is 83.6 Å². The highest BCUT2D eigenvalue weighted by Gasteiger charge is 2.28. The highest BCUT2D eigenvalue weighted by atomic mass is 32.1. The highest BCUT2D eigenvalue weighted by molar-refractivity contribution is 7.19. The third kappa shape index (κ3) is 4.23. The van der Waals surface area contributed by atoms with Crippen LogP contribution in [0.4, 0.5) is 10.7 Å². The standard InChI is InChI=1S/C28H21N5OS/c1-18-13-15-22(16-14-18)33-19(2)25(31-32-33)26(34)27-24(20-9-5-3-6-10-20)23(17-29)28(35-27)30-21-11-7-4-8-12-21/h3-16,30H,1-2H3. The van der Waals surface area contributed by atoms with Gasteiger partial charge in [0.1, 0.15) is 11.1 Å². The molecule has 0 atom stereocenters. The average molecular weight is 476 g/mol. The minimum Gasteiger partial charge on any atom is -0.346 e. The lowest BCUT2D eigenvalue weighted by Crippen LogP contribution is -2.05. The molecule has 5 aromatic rings. The Hall–Kier alpha value is -4.54. The lowest BCUT2D eigenvalue weighted by Gasteiger charge is -2.05. The zero-order valence-corrected chi connectivity index (χ0v) is 20.0. The molecular formula is C28H21N5OS.